The second-order valence-corrected chi connectivity index (χ2v) is 9.19. The number of amides is 1. The van der Waals surface area contributed by atoms with Gasteiger partial charge in [0.1, 0.15) is 11.5 Å². The van der Waals surface area contributed by atoms with Gasteiger partial charge in [-0.1, -0.05) is 29.8 Å². The summed E-state index contributed by atoms with van der Waals surface area (Å²) in [6.45, 7) is 3.96. The third-order valence-corrected chi connectivity index (χ3v) is 7.48. The number of nitrogens with one attached hydrogen (secondary N) is 1. The fourth-order valence-electron chi connectivity index (χ4n) is 2.97. The zero-order chi connectivity index (χ0) is 19.2. The Morgan fingerprint density at radius 3 is 2.56 bits per heavy atom. The highest BCUT2D eigenvalue weighted by atomic mass is 32.2. The van der Waals surface area contributed by atoms with Crippen LogP contribution in [0.25, 0.3) is 0 Å². The number of benzene rings is 2. The zero-order valence-corrected chi connectivity index (χ0v) is 17.5. The van der Waals surface area contributed by atoms with Gasteiger partial charge in [0.15, 0.2) is 6.61 Å². The van der Waals surface area contributed by atoms with Crippen molar-refractivity contribution < 1.29 is 14.3 Å². The second kappa shape index (κ2) is 9.42. The molecule has 1 fully saturated rings. The SMILES string of the molecule is COc1ccc(C)cc1[C@H](C)NC(=O)COc1ccc(C2SCCS2)cc1. The molecule has 0 aliphatic carbocycles. The quantitative estimate of drug-likeness (QED) is 0.724. The molecule has 1 atom stereocenters. The van der Waals surface area contributed by atoms with Crippen molar-refractivity contribution >= 4 is 29.4 Å². The Morgan fingerprint density at radius 2 is 1.89 bits per heavy atom. The standard InChI is InChI=1S/C21H25NO3S2/c1-14-4-9-19(24-3)18(12-14)15(2)22-20(23)13-25-17-7-5-16(6-8-17)21-26-10-11-27-21/h4-9,12,15,21H,10-11,13H2,1-3H3,(H,22,23)/t15-/m0/s1. The van der Waals surface area contributed by atoms with Crippen LogP contribution in [0.5, 0.6) is 11.5 Å². The molecule has 144 valence electrons. The third-order valence-electron chi connectivity index (χ3n) is 4.37. The molecule has 2 aromatic carbocycles. The molecule has 0 bridgehead atoms. The topological polar surface area (TPSA) is 47.6 Å². The van der Waals surface area contributed by atoms with Crippen molar-refractivity contribution in [1.29, 1.82) is 0 Å². The summed E-state index contributed by atoms with van der Waals surface area (Å²) in [7, 11) is 1.64. The van der Waals surface area contributed by atoms with E-state index >= 15 is 0 Å². The van der Waals surface area contributed by atoms with E-state index in [2.05, 4.69) is 17.4 Å². The van der Waals surface area contributed by atoms with Crippen molar-refractivity contribution in [1.82, 2.24) is 5.32 Å². The van der Waals surface area contributed by atoms with Gasteiger partial charge in [0.2, 0.25) is 0 Å². The van der Waals surface area contributed by atoms with Crippen LogP contribution in [0.1, 0.15) is 34.2 Å². The molecule has 0 spiro atoms. The minimum Gasteiger partial charge on any atom is -0.496 e. The summed E-state index contributed by atoms with van der Waals surface area (Å²) in [6.07, 6.45) is 0. The predicted molar refractivity (Wildman–Crippen MR) is 114 cm³/mol. The molecular formula is C21H25NO3S2. The van der Waals surface area contributed by atoms with Gasteiger partial charge in [-0.05, 0) is 37.6 Å². The maximum Gasteiger partial charge on any atom is 0.258 e. The number of carbonyl (C=O) groups is 1. The molecule has 1 heterocycles. The first kappa shape index (κ1) is 20.0. The molecule has 2 aromatic rings. The normalized spacial score (nSPS) is 15.4. The van der Waals surface area contributed by atoms with E-state index < -0.39 is 0 Å². The Bertz CT molecular complexity index is 773. The van der Waals surface area contributed by atoms with Crippen LogP contribution in [0.3, 0.4) is 0 Å². The van der Waals surface area contributed by atoms with Crippen LogP contribution < -0.4 is 14.8 Å². The number of thioether (sulfide) groups is 2. The van der Waals surface area contributed by atoms with Crippen molar-refractivity contribution in [2.24, 2.45) is 0 Å². The summed E-state index contributed by atoms with van der Waals surface area (Å²) in [4.78, 5) is 12.3. The molecule has 0 unspecified atom stereocenters. The van der Waals surface area contributed by atoms with Crippen molar-refractivity contribution in [2.75, 3.05) is 25.2 Å². The van der Waals surface area contributed by atoms with Gasteiger partial charge in [-0.3, -0.25) is 4.79 Å². The molecule has 27 heavy (non-hydrogen) atoms. The summed E-state index contributed by atoms with van der Waals surface area (Å²) in [5, 5.41) is 2.97. The maximum absolute atomic E-state index is 12.3. The molecule has 1 aliphatic heterocycles. The highest BCUT2D eigenvalue weighted by molar-refractivity contribution is 8.19. The van der Waals surface area contributed by atoms with Gasteiger partial charge in [-0.2, -0.15) is 0 Å². The van der Waals surface area contributed by atoms with Crippen molar-refractivity contribution in [3.8, 4) is 11.5 Å². The number of carbonyl (C=O) groups excluding carboxylic acids is 1. The average molecular weight is 404 g/mol. The molecular weight excluding hydrogens is 378 g/mol. The molecule has 1 aliphatic rings. The number of methoxy groups -OCH3 is 1. The van der Waals surface area contributed by atoms with Crippen LogP contribution in [0, 0.1) is 6.92 Å². The first-order chi connectivity index (χ1) is 13.1. The van der Waals surface area contributed by atoms with Crippen molar-refractivity contribution in [3.63, 3.8) is 0 Å². The van der Waals surface area contributed by atoms with E-state index in [9.17, 15) is 4.79 Å². The van der Waals surface area contributed by atoms with Crippen LogP contribution >= 0.6 is 23.5 Å². The summed E-state index contributed by atoms with van der Waals surface area (Å²) in [5.41, 5.74) is 3.39. The van der Waals surface area contributed by atoms with E-state index in [4.69, 9.17) is 9.47 Å². The fraction of sp³-hybridized carbons (Fsp3) is 0.381. The molecule has 1 saturated heterocycles. The zero-order valence-electron chi connectivity index (χ0n) is 15.9. The Balaban J connectivity index is 1.52. The van der Waals surface area contributed by atoms with Gasteiger partial charge in [-0.15, -0.1) is 23.5 Å². The number of ether oxygens (including phenoxy) is 2. The molecule has 1 amide bonds. The lowest BCUT2D eigenvalue weighted by Gasteiger charge is -2.18. The van der Waals surface area contributed by atoms with E-state index in [1.165, 1.54) is 17.1 Å². The summed E-state index contributed by atoms with van der Waals surface area (Å²) in [5.74, 6) is 3.74. The van der Waals surface area contributed by atoms with E-state index in [0.717, 1.165) is 16.9 Å². The summed E-state index contributed by atoms with van der Waals surface area (Å²) >= 11 is 3.95. The van der Waals surface area contributed by atoms with Gasteiger partial charge in [0.05, 0.1) is 17.7 Å². The first-order valence-electron chi connectivity index (χ1n) is 8.96. The Hall–Kier alpha value is -1.79. The molecule has 3 rings (SSSR count). The Labute approximate surface area is 169 Å². The molecule has 0 saturated carbocycles. The lowest BCUT2D eigenvalue weighted by Crippen LogP contribution is -2.31. The molecule has 4 nitrogen and oxygen atoms in total. The van der Waals surface area contributed by atoms with E-state index in [-0.39, 0.29) is 18.6 Å². The second-order valence-electron chi connectivity index (χ2n) is 6.47. The third kappa shape index (κ3) is 5.36. The highest BCUT2D eigenvalue weighted by Gasteiger charge is 2.18. The number of rotatable bonds is 7. The van der Waals surface area contributed by atoms with Crippen LogP contribution in [0.2, 0.25) is 0 Å². The minimum absolute atomic E-state index is 0.00918. The average Bonchev–Trinajstić information content (AvgIpc) is 3.21. The van der Waals surface area contributed by atoms with E-state index in [0.29, 0.717) is 10.3 Å². The molecule has 0 radical (unpaired) electrons. The summed E-state index contributed by atoms with van der Waals surface area (Å²) in [6, 6.07) is 13.8. The molecule has 0 aromatic heterocycles. The number of hydrogen-bond donors (Lipinski definition) is 1. The lowest BCUT2D eigenvalue weighted by atomic mass is 10.0. The number of hydrogen-bond acceptors (Lipinski definition) is 5. The Kier molecular flexibility index (Phi) is 6.96. The van der Waals surface area contributed by atoms with E-state index in [1.54, 1.807) is 7.11 Å². The van der Waals surface area contributed by atoms with Gasteiger partial charge in [0, 0.05) is 17.1 Å². The predicted octanol–water partition coefficient (Wildman–Crippen LogP) is 4.74. The van der Waals surface area contributed by atoms with Crippen molar-refractivity contribution in [3.05, 3.63) is 59.2 Å². The van der Waals surface area contributed by atoms with Gasteiger partial charge >= 0.3 is 0 Å². The smallest absolute Gasteiger partial charge is 0.258 e. The maximum atomic E-state index is 12.3. The minimum atomic E-state index is -0.158. The summed E-state index contributed by atoms with van der Waals surface area (Å²) < 4.78 is 11.6. The highest BCUT2D eigenvalue weighted by Crippen LogP contribution is 2.45. The largest absolute Gasteiger partial charge is 0.496 e. The van der Waals surface area contributed by atoms with Crippen LogP contribution in [0.15, 0.2) is 42.5 Å². The van der Waals surface area contributed by atoms with Gasteiger partial charge in [0.25, 0.3) is 5.91 Å². The first-order valence-corrected chi connectivity index (χ1v) is 11.1. The van der Waals surface area contributed by atoms with Gasteiger partial charge < -0.3 is 14.8 Å². The monoisotopic (exact) mass is 403 g/mol. The Morgan fingerprint density at radius 1 is 1.19 bits per heavy atom. The fourth-order valence-corrected chi connectivity index (χ4v) is 5.83. The lowest BCUT2D eigenvalue weighted by molar-refractivity contribution is -0.123. The molecule has 6 heteroatoms. The van der Waals surface area contributed by atoms with Gasteiger partial charge in [-0.25, -0.2) is 0 Å². The van der Waals surface area contributed by atoms with Crippen LogP contribution in [-0.2, 0) is 4.79 Å². The van der Waals surface area contributed by atoms with Crippen LogP contribution in [-0.4, -0.2) is 31.1 Å². The number of aryl methyl sites for hydroxylation is 1. The van der Waals surface area contributed by atoms with E-state index in [1.807, 2.05) is 67.7 Å². The van der Waals surface area contributed by atoms with Crippen LogP contribution in [0.4, 0.5) is 0 Å². The van der Waals surface area contributed by atoms with Crippen molar-refractivity contribution in [2.45, 2.75) is 24.5 Å². The molecule has 1 N–H and O–H groups in total.